The minimum atomic E-state index is -0.252. The molecule has 112 valence electrons. The summed E-state index contributed by atoms with van der Waals surface area (Å²) in [4.78, 5) is 0.199. The molecule has 0 aromatic rings. The first-order chi connectivity index (χ1) is 9.03. The van der Waals surface area contributed by atoms with Crippen molar-refractivity contribution in [3.05, 3.63) is 50.6 Å². The van der Waals surface area contributed by atoms with Gasteiger partial charge in [-0.2, -0.15) is 0 Å². The SMILES string of the molecule is C=CCC(Br)CO.C=CCC(O)CBr.C=CCC=C. The molecule has 2 N–H and O–H groups in total. The third-order valence-corrected chi connectivity index (χ3v) is 2.98. The van der Waals surface area contributed by atoms with Crippen LogP contribution in [0.15, 0.2) is 50.6 Å². The van der Waals surface area contributed by atoms with E-state index in [0.29, 0.717) is 11.8 Å². The van der Waals surface area contributed by atoms with Gasteiger partial charge in [0.05, 0.1) is 12.7 Å². The van der Waals surface area contributed by atoms with Gasteiger partial charge in [-0.25, -0.2) is 0 Å². The monoisotopic (exact) mass is 396 g/mol. The summed E-state index contributed by atoms with van der Waals surface area (Å²) in [5, 5.41) is 17.7. The molecule has 0 saturated carbocycles. The maximum absolute atomic E-state index is 8.74. The first kappa shape index (κ1) is 23.9. The molecule has 0 aliphatic heterocycles. The number of aliphatic hydroxyl groups is 2. The largest absolute Gasteiger partial charge is 0.395 e. The minimum Gasteiger partial charge on any atom is -0.395 e. The standard InChI is InChI=1S/2C5H9BrO.C5H8/c1-2-3-5(6)4-7;1-2-3-5(7)4-6;1-3-5-4-2/h2*2,5,7H,1,3-4H2;3-4H,1-2,5H2. The molecule has 0 radical (unpaired) electrons. The van der Waals surface area contributed by atoms with E-state index in [1.54, 1.807) is 12.2 Å². The molecule has 0 aliphatic carbocycles. The predicted molar refractivity (Wildman–Crippen MR) is 94.2 cm³/mol. The zero-order chi connectivity index (χ0) is 15.5. The molecule has 0 aromatic heterocycles. The summed E-state index contributed by atoms with van der Waals surface area (Å²) in [6.45, 7) is 14.1. The van der Waals surface area contributed by atoms with E-state index in [1.807, 2.05) is 12.2 Å². The normalized spacial score (nSPS) is 11.6. The third-order valence-electron chi connectivity index (χ3n) is 1.57. The fourth-order valence-corrected chi connectivity index (χ4v) is 1.16. The van der Waals surface area contributed by atoms with Gasteiger partial charge < -0.3 is 10.2 Å². The van der Waals surface area contributed by atoms with Gasteiger partial charge in [0.25, 0.3) is 0 Å². The van der Waals surface area contributed by atoms with Gasteiger partial charge in [-0.1, -0.05) is 56.2 Å². The van der Waals surface area contributed by atoms with Gasteiger partial charge in [0.2, 0.25) is 0 Å². The predicted octanol–water partition coefficient (Wildman–Crippen LogP) is 4.39. The topological polar surface area (TPSA) is 40.5 Å². The van der Waals surface area contributed by atoms with Crippen LogP contribution in [0.5, 0.6) is 0 Å². The van der Waals surface area contributed by atoms with Crippen LogP contribution in [0.4, 0.5) is 0 Å². The molecule has 0 aromatic carbocycles. The van der Waals surface area contributed by atoms with Crippen molar-refractivity contribution < 1.29 is 10.2 Å². The number of hydrogen-bond acceptors (Lipinski definition) is 2. The van der Waals surface area contributed by atoms with Gasteiger partial charge in [0.15, 0.2) is 0 Å². The summed E-state index contributed by atoms with van der Waals surface area (Å²) in [7, 11) is 0. The molecule has 4 heteroatoms. The van der Waals surface area contributed by atoms with Gasteiger partial charge in [-0.15, -0.1) is 26.3 Å². The number of allylic oxidation sites excluding steroid dienone is 3. The van der Waals surface area contributed by atoms with E-state index in [9.17, 15) is 0 Å². The number of aliphatic hydroxyl groups excluding tert-OH is 2. The van der Waals surface area contributed by atoms with Crippen LogP contribution in [-0.4, -0.2) is 33.1 Å². The molecule has 0 spiro atoms. The quantitative estimate of drug-likeness (QED) is 0.471. The minimum absolute atomic E-state index is 0.187. The van der Waals surface area contributed by atoms with Crippen LogP contribution in [0, 0.1) is 0 Å². The van der Waals surface area contributed by atoms with Crippen LogP contribution in [0.1, 0.15) is 19.3 Å². The van der Waals surface area contributed by atoms with Crippen LogP contribution in [-0.2, 0) is 0 Å². The number of halogens is 2. The zero-order valence-corrected chi connectivity index (χ0v) is 14.7. The summed E-state index contributed by atoms with van der Waals surface area (Å²) in [5.41, 5.74) is 0. The highest BCUT2D eigenvalue weighted by Gasteiger charge is 1.94. The van der Waals surface area contributed by atoms with E-state index in [4.69, 9.17) is 10.2 Å². The molecule has 0 saturated heterocycles. The summed E-state index contributed by atoms with van der Waals surface area (Å²) < 4.78 is 0. The van der Waals surface area contributed by atoms with Crippen molar-refractivity contribution in [1.82, 2.24) is 0 Å². The Balaban J connectivity index is -0.000000206. The number of rotatable bonds is 8. The maximum atomic E-state index is 8.74. The Morgan fingerprint density at radius 2 is 1.42 bits per heavy atom. The highest BCUT2D eigenvalue weighted by atomic mass is 79.9. The van der Waals surface area contributed by atoms with E-state index in [0.717, 1.165) is 12.8 Å². The van der Waals surface area contributed by atoms with E-state index < -0.39 is 0 Å². The van der Waals surface area contributed by atoms with Crippen LogP contribution < -0.4 is 0 Å². The first-order valence-electron chi connectivity index (χ1n) is 5.96. The van der Waals surface area contributed by atoms with Gasteiger partial charge in [0, 0.05) is 10.2 Å². The fraction of sp³-hybridized carbons (Fsp3) is 0.467. The van der Waals surface area contributed by atoms with E-state index in [2.05, 4.69) is 58.2 Å². The Morgan fingerprint density at radius 3 is 1.53 bits per heavy atom. The second-order valence-electron chi connectivity index (χ2n) is 3.45. The van der Waals surface area contributed by atoms with Crippen molar-refractivity contribution in [2.75, 3.05) is 11.9 Å². The van der Waals surface area contributed by atoms with Crippen molar-refractivity contribution in [1.29, 1.82) is 0 Å². The molecular formula is C15H26Br2O2. The molecular weight excluding hydrogens is 372 g/mol. The average Bonchev–Trinajstić information content (AvgIpc) is 2.41. The molecule has 2 nitrogen and oxygen atoms in total. The molecule has 0 bridgehead atoms. The summed E-state index contributed by atoms with van der Waals surface area (Å²) in [5.74, 6) is 0. The Kier molecular flexibility index (Phi) is 28.9. The Labute approximate surface area is 134 Å². The molecule has 0 heterocycles. The highest BCUT2D eigenvalue weighted by molar-refractivity contribution is 9.09. The fourth-order valence-electron chi connectivity index (χ4n) is 0.629. The van der Waals surface area contributed by atoms with Crippen LogP contribution in [0.25, 0.3) is 0 Å². The zero-order valence-electron chi connectivity index (χ0n) is 11.5. The highest BCUT2D eigenvalue weighted by Crippen LogP contribution is 2.02. The summed E-state index contributed by atoms with van der Waals surface area (Å²) in [6, 6.07) is 0. The van der Waals surface area contributed by atoms with E-state index >= 15 is 0 Å². The van der Waals surface area contributed by atoms with Gasteiger partial charge in [0.1, 0.15) is 0 Å². The molecule has 19 heavy (non-hydrogen) atoms. The van der Waals surface area contributed by atoms with Gasteiger partial charge in [-0.3, -0.25) is 0 Å². The molecule has 0 fully saturated rings. The average molecular weight is 398 g/mol. The molecule has 0 amide bonds. The second-order valence-corrected chi connectivity index (χ2v) is 5.39. The van der Waals surface area contributed by atoms with E-state index in [-0.39, 0.29) is 17.5 Å². The van der Waals surface area contributed by atoms with Gasteiger partial charge in [-0.05, 0) is 19.3 Å². The summed E-state index contributed by atoms with van der Waals surface area (Å²) >= 11 is 6.33. The van der Waals surface area contributed by atoms with Crippen LogP contribution >= 0.6 is 31.9 Å². The lowest BCUT2D eigenvalue weighted by Crippen LogP contribution is -2.04. The molecule has 2 atom stereocenters. The van der Waals surface area contributed by atoms with Crippen molar-refractivity contribution in [2.24, 2.45) is 0 Å². The maximum Gasteiger partial charge on any atom is 0.0671 e. The van der Waals surface area contributed by atoms with Crippen molar-refractivity contribution in [3.8, 4) is 0 Å². The lowest BCUT2D eigenvalue weighted by Gasteiger charge is -1.98. The Bertz CT molecular complexity index is 196. The van der Waals surface area contributed by atoms with E-state index in [1.165, 1.54) is 0 Å². The Hall–Kier alpha value is -0.160. The first-order valence-corrected chi connectivity index (χ1v) is 8.00. The molecule has 0 aliphatic rings. The molecule has 0 rings (SSSR count). The lowest BCUT2D eigenvalue weighted by molar-refractivity contribution is 0.204. The smallest absolute Gasteiger partial charge is 0.0671 e. The second kappa shape index (κ2) is 23.0. The van der Waals surface area contributed by atoms with Crippen molar-refractivity contribution in [3.63, 3.8) is 0 Å². The van der Waals surface area contributed by atoms with Crippen molar-refractivity contribution in [2.45, 2.75) is 30.2 Å². The Morgan fingerprint density at radius 1 is 0.947 bits per heavy atom. The van der Waals surface area contributed by atoms with Crippen LogP contribution in [0.3, 0.4) is 0 Å². The van der Waals surface area contributed by atoms with Gasteiger partial charge >= 0.3 is 0 Å². The van der Waals surface area contributed by atoms with Crippen LogP contribution in [0.2, 0.25) is 0 Å². The number of hydrogen-bond donors (Lipinski definition) is 2. The molecule has 2 unspecified atom stereocenters. The lowest BCUT2D eigenvalue weighted by atomic mass is 10.3. The van der Waals surface area contributed by atoms with Crippen molar-refractivity contribution >= 4 is 31.9 Å². The summed E-state index contributed by atoms with van der Waals surface area (Å²) in [6.07, 6.45) is 9.26. The number of alkyl halides is 2. The third kappa shape index (κ3) is 31.9.